The Morgan fingerprint density at radius 3 is 2.52 bits per heavy atom. The topological polar surface area (TPSA) is 50.4 Å². The second kappa shape index (κ2) is 7.66. The maximum absolute atomic E-state index is 12.4. The number of amides is 1. The van der Waals surface area contributed by atoms with Gasteiger partial charge in [0.25, 0.3) is 0 Å². The zero-order valence-corrected chi connectivity index (χ0v) is 13.8. The molecular formula is C16H25ClN2O2. The number of ether oxygens (including phenoxy) is 1. The Kier molecular flexibility index (Phi) is 6.49. The van der Waals surface area contributed by atoms with Gasteiger partial charge in [0, 0.05) is 0 Å². The second-order valence-corrected chi connectivity index (χ2v) is 5.68. The lowest BCUT2D eigenvalue weighted by Crippen LogP contribution is -2.57. The number of carbonyl (C=O) groups is 1. The van der Waals surface area contributed by atoms with Crippen LogP contribution in [0.1, 0.15) is 44.7 Å². The average molecular weight is 313 g/mol. The first-order valence-electron chi connectivity index (χ1n) is 7.25. The summed E-state index contributed by atoms with van der Waals surface area (Å²) in [5.74, 6) is 0.911. The van der Waals surface area contributed by atoms with Crippen LogP contribution in [-0.4, -0.2) is 25.1 Å². The number of halogens is 1. The smallest absolute Gasteiger partial charge is 0.240 e. The van der Waals surface area contributed by atoms with Crippen molar-refractivity contribution in [3.05, 3.63) is 29.8 Å². The van der Waals surface area contributed by atoms with Gasteiger partial charge in [-0.15, -0.1) is 12.4 Å². The molecule has 1 aliphatic rings. The molecule has 0 bridgehead atoms. The van der Waals surface area contributed by atoms with Crippen molar-refractivity contribution in [1.29, 1.82) is 0 Å². The minimum absolute atomic E-state index is 0. The van der Waals surface area contributed by atoms with Gasteiger partial charge in [0.05, 0.1) is 18.7 Å². The largest absolute Gasteiger partial charge is 0.497 e. The van der Waals surface area contributed by atoms with Gasteiger partial charge < -0.3 is 15.4 Å². The number of hydrogen-bond donors (Lipinski definition) is 2. The Bertz CT molecular complexity index is 456. The fourth-order valence-corrected chi connectivity index (χ4v) is 2.58. The Hall–Kier alpha value is -1.26. The van der Waals surface area contributed by atoms with Crippen LogP contribution in [-0.2, 0) is 4.79 Å². The van der Waals surface area contributed by atoms with Crippen molar-refractivity contribution in [2.75, 3.05) is 13.7 Å². The monoisotopic (exact) mass is 312 g/mol. The van der Waals surface area contributed by atoms with E-state index in [1.54, 1.807) is 7.11 Å². The molecule has 1 heterocycles. The summed E-state index contributed by atoms with van der Waals surface area (Å²) in [7, 11) is 1.65. The molecule has 1 fully saturated rings. The quantitative estimate of drug-likeness (QED) is 0.899. The van der Waals surface area contributed by atoms with Crippen molar-refractivity contribution < 1.29 is 9.53 Å². The molecule has 1 saturated heterocycles. The van der Waals surface area contributed by atoms with Crippen LogP contribution < -0.4 is 15.4 Å². The molecule has 0 radical (unpaired) electrons. The second-order valence-electron chi connectivity index (χ2n) is 5.68. The van der Waals surface area contributed by atoms with Crippen LogP contribution in [0.5, 0.6) is 5.75 Å². The summed E-state index contributed by atoms with van der Waals surface area (Å²) in [6.45, 7) is 4.91. The van der Waals surface area contributed by atoms with E-state index < -0.39 is 5.54 Å². The molecule has 1 amide bonds. The van der Waals surface area contributed by atoms with Crippen LogP contribution in [0.4, 0.5) is 0 Å². The van der Waals surface area contributed by atoms with Gasteiger partial charge in [-0.25, -0.2) is 0 Å². The highest BCUT2D eigenvalue weighted by molar-refractivity contribution is 5.86. The standard InChI is InChI=1S/C16H24N2O2.ClH/c1-12(13-6-8-14(20-3)9-7-13)18-15(19)16(2)10-4-5-11-17-16;/h6-9,12,17H,4-5,10-11H2,1-3H3,(H,18,19);1H. The number of hydrogen-bond acceptors (Lipinski definition) is 3. The molecule has 118 valence electrons. The van der Waals surface area contributed by atoms with E-state index in [0.29, 0.717) is 0 Å². The third-order valence-electron chi connectivity index (χ3n) is 4.08. The van der Waals surface area contributed by atoms with Gasteiger partial charge in [-0.05, 0) is 57.4 Å². The van der Waals surface area contributed by atoms with E-state index in [4.69, 9.17) is 4.74 Å². The molecule has 1 aliphatic heterocycles. The van der Waals surface area contributed by atoms with E-state index in [1.807, 2.05) is 38.1 Å². The summed E-state index contributed by atoms with van der Waals surface area (Å²) in [5.41, 5.74) is 0.650. The van der Waals surface area contributed by atoms with Crippen LogP contribution in [0.15, 0.2) is 24.3 Å². The molecule has 0 aliphatic carbocycles. The molecule has 2 rings (SSSR count). The van der Waals surface area contributed by atoms with Crippen LogP contribution in [0.3, 0.4) is 0 Å². The van der Waals surface area contributed by atoms with Crippen LogP contribution in [0, 0.1) is 0 Å². The summed E-state index contributed by atoms with van der Waals surface area (Å²) in [6.07, 6.45) is 3.15. The fourth-order valence-electron chi connectivity index (χ4n) is 2.58. The Morgan fingerprint density at radius 1 is 1.33 bits per heavy atom. The van der Waals surface area contributed by atoms with E-state index in [0.717, 1.165) is 37.1 Å². The molecule has 5 heteroatoms. The van der Waals surface area contributed by atoms with Crippen molar-refractivity contribution in [3.63, 3.8) is 0 Å². The molecule has 0 spiro atoms. The highest BCUT2D eigenvalue weighted by Gasteiger charge is 2.34. The minimum atomic E-state index is -0.432. The van der Waals surface area contributed by atoms with Crippen molar-refractivity contribution in [1.82, 2.24) is 10.6 Å². The lowest BCUT2D eigenvalue weighted by Gasteiger charge is -2.34. The predicted octanol–water partition coefficient (Wildman–Crippen LogP) is 2.83. The van der Waals surface area contributed by atoms with E-state index in [1.165, 1.54) is 0 Å². The average Bonchev–Trinajstić information content (AvgIpc) is 2.48. The first kappa shape index (κ1) is 17.8. The molecule has 2 N–H and O–H groups in total. The van der Waals surface area contributed by atoms with Crippen molar-refractivity contribution in [2.45, 2.75) is 44.7 Å². The third kappa shape index (κ3) is 4.35. The van der Waals surface area contributed by atoms with Gasteiger partial charge >= 0.3 is 0 Å². The van der Waals surface area contributed by atoms with Gasteiger partial charge in [0.2, 0.25) is 5.91 Å². The maximum atomic E-state index is 12.4. The lowest BCUT2D eigenvalue weighted by molar-refractivity contribution is -0.128. The van der Waals surface area contributed by atoms with Crippen LogP contribution in [0.2, 0.25) is 0 Å². The van der Waals surface area contributed by atoms with Crippen LogP contribution in [0.25, 0.3) is 0 Å². The first-order chi connectivity index (χ1) is 9.55. The molecule has 0 aromatic heterocycles. The zero-order chi connectivity index (χ0) is 14.6. The van der Waals surface area contributed by atoms with Gasteiger partial charge in [-0.2, -0.15) is 0 Å². The third-order valence-corrected chi connectivity index (χ3v) is 4.08. The summed E-state index contributed by atoms with van der Waals surface area (Å²) >= 11 is 0. The number of carbonyl (C=O) groups excluding carboxylic acids is 1. The van der Waals surface area contributed by atoms with Gasteiger partial charge in [-0.3, -0.25) is 4.79 Å². The van der Waals surface area contributed by atoms with E-state index in [9.17, 15) is 4.79 Å². The first-order valence-corrected chi connectivity index (χ1v) is 7.25. The SMILES string of the molecule is COc1ccc(C(C)NC(=O)C2(C)CCCCN2)cc1.Cl. The summed E-state index contributed by atoms with van der Waals surface area (Å²) in [6, 6.07) is 7.80. The van der Waals surface area contributed by atoms with Gasteiger partial charge in [0.15, 0.2) is 0 Å². The molecule has 4 nitrogen and oxygen atoms in total. The number of piperidine rings is 1. The van der Waals surface area contributed by atoms with E-state index in [2.05, 4.69) is 10.6 Å². The number of rotatable bonds is 4. The fraction of sp³-hybridized carbons (Fsp3) is 0.562. The molecule has 21 heavy (non-hydrogen) atoms. The minimum Gasteiger partial charge on any atom is -0.497 e. The zero-order valence-electron chi connectivity index (χ0n) is 12.9. The van der Waals surface area contributed by atoms with Crippen molar-refractivity contribution in [2.24, 2.45) is 0 Å². The normalized spacial score (nSPS) is 22.8. The molecule has 1 aromatic rings. The highest BCUT2D eigenvalue weighted by Crippen LogP contribution is 2.22. The van der Waals surface area contributed by atoms with Crippen LogP contribution >= 0.6 is 12.4 Å². The predicted molar refractivity (Wildman–Crippen MR) is 87.1 cm³/mol. The number of methoxy groups -OCH3 is 1. The Morgan fingerprint density at radius 2 is 2.00 bits per heavy atom. The Balaban J connectivity index is 0.00000220. The molecule has 1 aromatic carbocycles. The van der Waals surface area contributed by atoms with E-state index in [-0.39, 0.29) is 24.4 Å². The number of benzene rings is 1. The molecule has 2 atom stereocenters. The van der Waals surface area contributed by atoms with Gasteiger partial charge in [0.1, 0.15) is 5.75 Å². The summed E-state index contributed by atoms with van der Waals surface area (Å²) in [5, 5.41) is 6.44. The maximum Gasteiger partial charge on any atom is 0.240 e. The van der Waals surface area contributed by atoms with Crippen molar-refractivity contribution in [3.8, 4) is 5.75 Å². The van der Waals surface area contributed by atoms with Gasteiger partial charge in [-0.1, -0.05) is 12.1 Å². The highest BCUT2D eigenvalue weighted by atomic mass is 35.5. The number of nitrogens with one attached hydrogen (secondary N) is 2. The summed E-state index contributed by atoms with van der Waals surface area (Å²) < 4.78 is 5.14. The summed E-state index contributed by atoms with van der Waals surface area (Å²) in [4.78, 5) is 12.4. The van der Waals surface area contributed by atoms with Crippen molar-refractivity contribution >= 4 is 18.3 Å². The lowest BCUT2D eigenvalue weighted by atomic mass is 9.89. The molecular weight excluding hydrogens is 288 g/mol. The Labute approximate surface area is 133 Å². The molecule has 0 saturated carbocycles. The van der Waals surface area contributed by atoms with E-state index >= 15 is 0 Å². The molecule has 2 unspecified atom stereocenters.